The SMILES string of the molecule is CC(C)(C)CC(=O)N1CC[C@H](O)C1. The third-order valence-electron chi connectivity index (χ3n) is 2.20. The molecule has 0 bridgehead atoms. The number of amides is 1. The molecule has 0 spiro atoms. The van der Waals surface area contributed by atoms with Crippen molar-refractivity contribution in [1.82, 2.24) is 4.90 Å². The molecular formula is C10H19NO2. The first-order valence-corrected chi connectivity index (χ1v) is 4.84. The summed E-state index contributed by atoms with van der Waals surface area (Å²) in [5.74, 6) is 0.170. The van der Waals surface area contributed by atoms with Crippen LogP contribution in [0, 0.1) is 5.41 Å². The van der Waals surface area contributed by atoms with Crippen LogP contribution in [-0.2, 0) is 4.79 Å². The van der Waals surface area contributed by atoms with E-state index in [4.69, 9.17) is 0 Å². The van der Waals surface area contributed by atoms with Crippen molar-refractivity contribution in [3.63, 3.8) is 0 Å². The lowest BCUT2D eigenvalue weighted by Crippen LogP contribution is -2.32. The number of rotatable bonds is 1. The van der Waals surface area contributed by atoms with Crippen molar-refractivity contribution in [1.29, 1.82) is 0 Å². The Labute approximate surface area is 79.7 Å². The number of aliphatic hydroxyl groups excluding tert-OH is 1. The molecule has 3 nitrogen and oxygen atoms in total. The third-order valence-corrected chi connectivity index (χ3v) is 2.20. The zero-order chi connectivity index (χ0) is 10.1. The summed E-state index contributed by atoms with van der Waals surface area (Å²) < 4.78 is 0. The van der Waals surface area contributed by atoms with E-state index in [9.17, 15) is 9.90 Å². The molecule has 1 rings (SSSR count). The van der Waals surface area contributed by atoms with Gasteiger partial charge in [-0.15, -0.1) is 0 Å². The van der Waals surface area contributed by atoms with E-state index in [2.05, 4.69) is 20.8 Å². The van der Waals surface area contributed by atoms with Crippen molar-refractivity contribution in [3.05, 3.63) is 0 Å². The summed E-state index contributed by atoms with van der Waals surface area (Å²) in [5, 5.41) is 9.25. The maximum absolute atomic E-state index is 11.6. The average Bonchev–Trinajstić information content (AvgIpc) is 2.31. The number of carbonyl (C=O) groups excluding carboxylic acids is 1. The Balaban J connectivity index is 2.41. The summed E-state index contributed by atoms with van der Waals surface area (Å²) in [6.45, 7) is 7.40. The second-order valence-corrected chi connectivity index (χ2v) is 5.02. The standard InChI is InChI=1S/C10H19NO2/c1-10(2,3)6-9(13)11-5-4-8(12)7-11/h8,12H,4-7H2,1-3H3/t8-/m0/s1. The van der Waals surface area contributed by atoms with Crippen LogP contribution in [0.4, 0.5) is 0 Å². The molecule has 1 heterocycles. The van der Waals surface area contributed by atoms with Gasteiger partial charge in [0, 0.05) is 19.5 Å². The first-order chi connectivity index (χ1) is 5.88. The molecule has 1 atom stereocenters. The van der Waals surface area contributed by atoms with Crippen LogP contribution in [0.5, 0.6) is 0 Å². The smallest absolute Gasteiger partial charge is 0.223 e. The van der Waals surface area contributed by atoms with Gasteiger partial charge in [0.15, 0.2) is 0 Å². The van der Waals surface area contributed by atoms with E-state index in [1.807, 2.05) is 0 Å². The molecule has 0 aromatic heterocycles. The number of likely N-dealkylation sites (tertiary alicyclic amines) is 1. The van der Waals surface area contributed by atoms with Crippen molar-refractivity contribution in [3.8, 4) is 0 Å². The number of hydrogen-bond acceptors (Lipinski definition) is 2. The molecule has 0 saturated carbocycles. The van der Waals surface area contributed by atoms with E-state index in [0.29, 0.717) is 13.0 Å². The Hall–Kier alpha value is -0.570. The summed E-state index contributed by atoms with van der Waals surface area (Å²) >= 11 is 0. The summed E-state index contributed by atoms with van der Waals surface area (Å²) in [5.41, 5.74) is 0.0463. The molecule has 0 aliphatic carbocycles. The zero-order valence-electron chi connectivity index (χ0n) is 8.71. The maximum atomic E-state index is 11.6. The highest BCUT2D eigenvalue weighted by atomic mass is 16.3. The molecule has 13 heavy (non-hydrogen) atoms. The molecule has 1 saturated heterocycles. The van der Waals surface area contributed by atoms with Crippen LogP contribution in [0.15, 0.2) is 0 Å². The molecular weight excluding hydrogens is 166 g/mol. The van der Waals surface area contributed by atoms with Crippen LogP contribution in [0.25, 0.3) is 0 Å². The normalized spacial score (nSPS) is 23.7. The minimum atomic E-state index is -0.302. The predicted octanol–water partition coefficient (Wildman–Crippen LogP) is 1.02. The Bertz CT molecular complexity index is 196. The summed E-state index contributed by atoms with van der Waals surface area (Å²) in [7, 11) is 0. The van der Waals surface area contributed by atoms with E-state index in [-0.39, 0.29) is 17.4 Å². The average molecular weight is 185 g/mol. The zero-order valence-corrected chi connectivity index (χ0v) is 8.71. The predicted molar refractivity (Wildman–Crippen MR) is 51.3 cm³/mol. The molecule has 1 N–H and O–H groups in total. The van der Waals surface area contributed by atoms with Crippen LogP contribution in [0.3, 0.4) is 0 Å². The monoisotopic (exact) mass is 185 g/mol. The molecule has 0 unspecified atom stereocenters. The fraction of sp³-hybridized carbons (Fsp3) is 0.900. The first-order valence-electron chi connectivity index (χ1n) is 4.84. The molecule has 1 fully saturated rings. The summed E-state index contributed by atoms with van der Waals surface area (Å²) in [6, 6.07) is 0. The maximum Gasteiger partial charge on any atom is 0.223 e. The molecule has 76 valence electrons. The third kappa shape index (κ3) is 3.35. The number of hydrogen-bond donors (Lipinski definition) is 1. The Morgan fingerprint density at radius 1 is 1.54 bits per heavy atom. The quantitative estimate of drug-likeness (QED) is 0.662. The largest absolute Gasteiger partial charge is 0.391 e. The van der Waals surface area contributed by atoms with Gasteiger partial charge in [0.2, 0.25) is 5.91 Å². The second-order valence-electron chi connectivity index (χ2n) is 5.02. The Kier molecular flexibility index (Phi) is 2.96. The lowest BCUT2D eigenvalue weighted by molar-refractivity contribution is -0.132. The fourth-order valence-electron chi connectivity index (χ4n) is 1.53. The lowest BCUT2D eigenvalue weighted by atomic mass is 9.92. The van der Waals surface area contributed by atoms with E-state index in [1.165, 1.54) is 0 Å². The van der Waals surface area contributed by atoms with Gasteiger partial charge in [0.05, 0.1) is 6.10 Å². The van der Waals surface area contributed by atoms with E-state index < -0.39 is 0 Å². The van der Waals surface area contributed by atoms with Gasteiger partial charge in [0.1, 0.15) is 0 Å². The van der Waals surface area contributed by atoms with E-state index >= 15 is 0 Å². The highest BCUT2D eigenvalue weighted by Gasteiger charge is 2.27. The van der Waals surface area contributed by atoms with Crippen LogP contribution in [-0.4, -0.2) is 35.1 Å². The molecule has 1 aliphatic heterocycles. The Morgan fingerprint density at radius 2 is 2.15 bits per heavy atom. The number of nitrogens with zero attached hydrogens (tertiary/aromatic N) is 1. The van der Waals surface area contributed by atoms with Gasteiger partial charge in [0.25, 0.3) is 0 Å². The number of carbonyl (C=O) groups is 1. The van der Waals surface area contributed by atoms with Crippen LogP contribution >= 0.6 is 0 Å². The van der Waals surface area contributed by atoms with Crippen molar-refractivity contribution >= 4 is 5.91 Å². The van der Waals surface area contributed by atoms with Crippen molar-refractivity contribution < 1.29 is 9.90 Å². The van der Waals surface area contributed by atoms with Gasteiger partial charge in [-0.05, 0) is 11.8 Å². The van der Waals surface area contributed by atoms with E-state index in [0.717, 1.165) is 13.0 Å². The van der Waals surface area contributed by atoms with Gasteiger partial charge >= 0.3 is 0 Å². The molecule has 0 aromatic rings. The molecule has 1 aliphatic rings. The first kappa shape index (κ1) is 10.5. The van der Waals surface area contributed by atoms with Gasteiger partial charge < -0.3 is 10.0 Å². The van der Waals surface area contributed by atoms with Crippen molar-refractivity contribution in [2.45, 2.75) is 39.7 Å². The second kappa shape index (κ2) is 3.66. The van der Waals surface area contributed by atoms with Crippen molar-refractivity contribution in [2.24, 2.45) is 5.41 Å². The number of aliphatic hydroxyl groups is 1. The molecule has 0 radical (unpaired) electrons. The summed E-state index contributed by atoms with van der Waals surface area (Å²) in [6.07, 6.45) is 0.999. The van der Waals surface area contributed by atoms with Crippen LogP contribution in [0.2, 0.25) is 0 Å². The minimum Gasteiger partial charge on any atom is -0.391 e. The molecule has 1 amide bonds. The molecule has 0 aromatic carbocycles. The highest BCUT2D eigenvalue weighted by Crippen LogP contribution is 2.21. The highest BCUT2D eigenvalue weighted by molar-refractivity contribution is 5.77. The van der Waals surface area contributed by atoms with Gasteiger partial charge in [-0.1, -0.05) is 20.8 Å². The minimum absolute atomic E-state index is 0.0463. The Morgan fingerprint density at radius 3 is 2.54 bits per heavy atom. The van der Waals surface area contributed by atoms with E-state index in [1.54, 1.807) is 4.90 Å². The summed E-state index contributed by atoms with van der Waals surface area (Å²) in [4.78, 5) is 13.4. The fourth-order valence-corrected chi connectivity index (χ4v) is 1.53. The van der Waals surface area contributed by atoms with Gasteiger partial charge in [-0.2, -0.15) is 0 Å². The number of β-amino-alcohol motifs (C(OH)–C–C–N with tert-alkyl or cyclic N) is 1. The van der Waals surface area contributed by atoms with Gasteiger partial charge in [-0.25, -0.2) is 0 Å². The molecule has 3 heteroatoms. The van der Waals surface area contributed by atoms with Crippen LogP contribution < -0.4 is 0 Å². The lowest BCUT2D eigenvalue weighted by Gasteiger charge is -2.22. The van der Waals surface area contributed by atoms with Gasteiger partial charge in [-0.3, -0.25) is 4.79 Å². The van der Waals surface area contributed by atoms with Crippen molar-refractivity contribution in [2.75, 3.05) is 13.1 Å². The topological polar surface area (TPSA) is 40.5 Å². The van der Waals surface area contributed by atoms with Crippen LogP contribution in [0.1, 0.15) is 33.6 Å².